The lowest BCUT2D eigenvalue weighted by atomic mass is 9.98. The van der Waals surface area contributed by atoms with Gasteiger partial charge in [-0.2, -0.15) is 0 Å². The maximum Gasteiger partial charge on any atom is 0.261 e. The van der Waals surface area contributed by atoms with Crippen molar-refractivity contribution in [3.63, 3.8) is 0 Å². The van der Waals surface area contributed by atoms with Crippen LogP contribution in [0.5, 0.6) is 11.5 Å². The summed E-state index contributed by atoms with van der Waals surface area (Å²) >= 11 is 0. The number of ether oxygens (including phenoxy) is 2. The van der Waals surface area contributed by atoms with Crippen molar-refractivity contribution in [3.8, 4) is 11.5 Å². The van der Waals surface area contributed by atoms with E-state index >= 15 is 0 Å². The predicted octanol–water partition coefficient (Wildman–Crippen LogP) is 3.17. The highest BCUT2D eigenvalue weighted by Crippen LogP contribution is 2.34. The molecular formula is C24H27N3O4. The molecule has 0 bridgehead atoms. The van der Waals surface area contributed by atoms with Crippen molar-refractivity contribution >= 4 is 16.8 Å². The van der Waals surface area contributed by atoms with Crippen molar-refractivity contribution in [2.45, 2.75) is 39.8 Å². The summed E-state index contributed by atoms with van der Waals surface area (Å²) in [6.07, 6.45) is 2.54. The fourth-order valence-electron chi connectivity index (χ4n) is 3.95. The number of rotatable bonds is 7. The second-order valence-corrected chi connectivity index (χ2v) is 7.51. The number of nitrogens with zero attached hydrogens (tertiary/aromatic N) is 3. The summed E-state index contributed by atoms with van der Waals surface area (Å²) < 4.78 is 13.0. The molecule has 0 unspecified atom stereocenters. The van der Waals surface area contributed by atoms with Crippen LogP contribution in [0.25, 0.3) is 10.9 Å². The molecule has 0 saturated heterocycles. The van der Waals surface area contributed by atoms with Gasteiger partial charge in [0.05, 0.1) is 30.4 Å². The summed E-state index contributed by atoms with van der Waals surface area (Å²) in [5.41, 5.74) is 2.81. The molecule has 1 aliphatic heterocycles. The molecule has 7 heteroatoms. The third kappa shape index (κ3) is 4.40. The van der Waals surface area contributed by atoms with Crippen LogP contribution in [0, 0.1) is 0 Å². The second kappa shape index (κ2) is 9.20. The Morgan fingerprint density at radius 2 is 1.77 bits per heavy atom. The molecule has 1 aromatic heterocycles. The molecule has 0 aliphatic carbocycles. The zero-order chi connectivity index (χ0) is 21.8. The summed E-state index contributed by atoms with van der Waals surface area (Å²) in [4.78, 5) is 31.7. The largest absolute Gasteiger partial charge is 0.490 e. The van der Waals surface area contributed by atoms with Crippen LogP contribution < -0.4 is 15.0 Å². The Morgan fingerprint density at radius 1 is 1.06 bits per heavy atom. The highest BCUT2D eigenvalue weighted by molar-refractivity contribution is 5.78. The van der Waals surface area contributed by atoms with Gasteiger partial charge in [-0.3, -0.25) is 14.2 Å². The quantitative estimate of drug-likeness (QED) is 0.586. The third-order valence-electron chi connectivity index (χ3n) is 5.53. The van der Waals surface area contributed by atoms with E-state index in [4.69, 9.17) is 9.47 Å². The van der Waals surface area contributed by atoms with E-state index < -0.39 is 0 Å². The van der Waals surface area contributed by atoms with Crippen molar-refractivity contribution in [3.05, 3.63) is 64.2 Å². The van der Waals surface area contributed by atoms with Gasteiger partial charge in [0.25, 0.3) is 5.56 Å². The number of carbonyl (C=O) groups is 1. The number of aryl methyl sites for hydroxylation is 1. The maximum absolute atomic E-state index is 12.9. The number of hydrogen-bond acceptors (Lipinski definition) is 5. The first-order chi connectivity index (χ1) is 15.1. The molecule has 0 saturated carbocycles. The van der Waals surface area contributed by atoms with E-state index in [2.05, 4.69) is 4.98 Å². The highest BCUT2D eigenvalue weighted by Gasteiger charge is 2.23. The normalized spacial score (nSPS) is 13.2. The smallest absolute Gasteiger partial charge is 0.261 e. The standard InChI is InChI=1S/C24H27N3O4/c1-3-30-21-13-17-9-11-26(15-18(17)14-22(21)31-4-2)23(28)10-12-27-16-25-20-8-6-5-7-19(20)24(27)29/h5-8,13-14,16H,3-4,9-12,15H2,1-2H3. The van der Waals surface area contributed by atoms with Crippen molar-refractivity contribution in [1.29, 1.82) is 0 Å². The Labute approximate surface area is 181 Å². The van der Waals surface area contributed by atoms with Crippen LogP contribution >= 0.6 is 0 Å². The Bertz CT molecular complexity index is 1160. The molecule has 162 valence electrons. The number of fused-ring (bicyclic) bond motifs is 2. The van der Waals surface area contributed by atoms with Crippen molar-refractivity contribution in [2.75, 3.05) is 19.8 Å². The van der Waals surface area contributed by atoms with Crippen molar-refractivity contribution in [2.24, 2.45) is 0 Å². The molecule has 31 heavy (non-hydrogen) atoms. The first-order valence-corrected chi connectivity index (χ1v) is 10.7. The molecule has 7 nitrogen and oxygen atoms in total. The highest BCUT2D eigenvalue weighted by atomic mass is 16.5. The van der Waals surface area contributed by atoms with Crippen LogP contribution in [0.2, 0.25) is 0 Å². The van der Waals surface area contributed by atoms with Gasteiger partial charge in [0.15, 0.2) is 11.5 Å². The van der Waals surface area contributed by atoms with Crippen LogP contribution in [-0.2, 0) is 24.3 Å². The SMILES string of the molecule is CCOc1cc2c(cc1OCC)CN(C(=O)CCn1cnc3ccccc3c1=O)CC2. The number of hydrogen-bond donors (Lipinski definition) is 0. The van der Waals surface area contributed by atoms with Crippen LogP contribution in [0.3, 0.4) is 0 Å². The van der Waals surface area contributed by atoms with E-state index in [-0.39, 0.29) is 17.9 Å². The number of para-hydroxylation sites is 1. The van der Waals surface area contributed by atoms with Gasteiger partial charge in [-0.15, -0.1) is 0 Å². The number of benzene rings is 2. The minimum absolute atomic E-state index is 0.0255. The van der Waals surface area contributed by atoms with Gasteiger partial charge < -0.3 is 14.4 Å². The van der Waals surface area contributed by atoms with Crippen molar-refractivity contribution < 1.29 is 14.3 Å². The number of aromatic nitrogens is 2. The summed E-state index contributed by atoms with van der Waals surface area (Å²) in [6, 6.07) is 11.3. The van der Waals surface area contributed by atoms with Crippen LogP contribution in [0.15, 0.2) is 47.5 Å². The minimum atomic E-state index is -0.118. The molecule has 4 rings (SSSR count). The number of amides is 1. The molecule has 0 N–H and O–H groups in total. The molecular weight excluding hydrogens is 394 g/mol. The van der Waals surface area contributed by atoms with E-state index in [0.29, 0.717) is 49.5 Å². The van der Waals surface area contributed by atoms with Gasteiger partial charge in [0.2, 0.25) is 5.91 Å². The lowest BCUT2D eigenvalue weighted by Crippen LogP contribution is -2.37. The molecule has 0 spiro atoms. The molecule has 1 amide bonds. The Morgan fingerprint density at radius 3 is 2.52 bits per heavy atom. The van der Waals surface area contributed by atoms with Gasteiger partial charge in [-0.1, -0.05) is 12.1 Å². The van der Waals surface area contributed by atoms with E-state index in [1.807, 2.05) is 49.1 Å². The summed E-state index contributed by atoms with van der Waals surface area (Å²) in [7, 11) is 0. The molecule has 2 aromatic carbocycles. The van der Waals surface area contributed by atoms with Gasteiger partial charge in [-0.25, -0.2) is 4.98 Å². The average molecular weight is 421 g/mol. The van der Waals surface area contributed by atoms with Crippen LogP contribution in [-0.4, -0.2) is 40.1 Å². The Hall–Kier alpha value is -3.35. The summed E-state index contributed by atoms with van der Waals surface area (Å²) in [6.45, 7) is 6.51. The van der Waals surface area contributed by atoms with Crippen molar-refractivity contribution in [1.82, 2.24) is 14.5 Å². The average Bonchev–Trinajstić information content (AvgIpc) is 2.79. The van der Waals surface area contributed by atoms with E-state index in [1.165, 1.54) is 16.5 Å². The number of carbonyl (C=O) groups excluding carboxylic acids is 1. The molecule has 2 heterocycles. The molecule has 0 radical (unpaired) electrons. The Kier molecular flexibility index (Phi) is 6.21. The zero-order valence-corrected chi connectivity index (χ0v) is 18.0. The summed E-state index contributed by atoms with van der Waals surface area (Å²) in [5, 5.41) is 0.568. The molecule has 0 atom stereocenters. The van der Waals surface area contributed by atoms with Gasteiger partial charge in [0.1, 0.15) is 0 Å². The molecule has 3 aromatic rings. The van der Waals surface area contributed by atoms with E-state index in [0.717, 1.165) is 17.7 Å². The topological polar surface area (TPSA) is 73.7 Å². The first kappa shape index (κ1) is 20.9. The zero-order valence-electron chi connectivity index (χ0n) is 18.0. The molecule has 0 fully saturated rings. The Balaban J connectivity index is 1.46. The van der Waals surface area contributed by atoms with Gasteiger partial charge >= 0.3 is 0 Å². The van der Waals surface area contributed by atoms with Gasteiger partial charge in [0, 0.05) is 26.1 Å². The second-order valence-electron chi connectivity index (χ2n) is 7.51. The van der Waals surface area contributed by atoms with E-state index in [9.17, 15) is 9.59 Å². The lowest BCUT2D eigenvalue weighted by Gasteiger charge is -2.30. The van der Waals surface area contributed by atoms with Gasteiger partial charge in [-0.05, 0) is 55.7 Å². The fraction of sp³-hybridized carbons (Fsp3) is 0.375. The fourth-order valence-corrected chi connectivity index (χ4v) is 3.95. The van der Waals surface area contributed by atoms with E-state index in [1.54, 1.807) is 6.07 Å². The monoisotopic (exact) mass is 421 g/mol. The lowest BCUT2D eigenvalue weighted by molar-refractivity contribution is -0.132. The third-order valence-corrected chi connectivity index (χ3v) is 5.53. The molecule has 1 aliphatic rings. The summed E-state index contributed by atoms with van der Waals surface area (Å²) in [5.74, 6) is 1.50. The first-order valence-electron chi connectivity index (χ1n) is 10.7. The van der Waals surface area contributed by atoms with Crippen LogP contribution in [0.4, 0.5) is 0 Å². The predicted molar refractivity (Wildman–Crippen MR) is 119 cm³/mol. The van der Waals surface area contributed by atoms with Crippen LogP contribution in [0.1, 0.15) is 31.4 Å². The maximum atomic E-state index is 12.9. The minimum Gasteiger partial charge on any atom is -0.490 e.